The molecule has 1 amide bonds. The molecule has 1 saturated heterocycles. The van der Waals surface area contributed by atoms with Crippen LogP contribution in [0.25, 0.3) is 0 Å². The van der Waals surface area contributed by atoms with Crippen LogP contribution in [-0.4, -0.2) is 58.4 Å². The first-order valence-corrected chi connectivity index (χ1v) is 8.63. The fourth-order valence-electron chi connectivity index (χ4n) is 3.07. The average molecular weight is 321 g/mol. The van der Waals surface area contributed by atoms with Crippen molar-refractivity contribution >= 4 is 5.91 Å². The summed E-state index contributed by atoms with van der Waals surface area (Å²) in [4.78, 5) is 14.3. The van der Waals surface area contributed by atoms with E-state index in [4.69, 9.17) is 4.74 Å². The summed E-state index contributed by atoms with van der Waals surface area (Å²) in [6.45, 7) is 3.95. The van der Waals surface area contributed by atoms with Crippen LogP contribution in [0, 0.1) is 5.92 Å². The Labute approximate surface area is 137 Å². The molecule has 0 spiro atoms. The lowest BCUT2D eigenvalue weighted by Gasteiger charge is -2.20. The van der Waals surface area contributed by atoms with Crippen molar-refractivity contribution in [2.24, 2.45) is 5.92 Å². The fraction of sp³-hybridized carbons (Fsp3) is 0.812. The van der Waals surface area contributed by atoms with Crippen molar-refractivity contribution in [1.82, 2.24) is 25.0 Å². The largest absolute Gasteiger partial charge is 0.383 e. The number of methoxy groups -OCH3 is 1. The van der Waals surface area contributed by atoms with Crippen molar-refractivity contribution in [2.45, 2.75) is 51.2 Å². The number of rotatable bonds is 8. The highest BCUT2D eigenvalue weighted by Gasteiger charge is 2.29. The summed E-state index contributed by atoms with van der Waals surface area (Å²) in [5.74, 6) is 2.01. The number of carbonyl (C=O) groups is 1. The molecular weight excluding hydrogens is 294 g/mol. The van der Waals surface area contributed by atoms with Gasteiger partial charge < -0.3 is 19.5 Å². The molecule has 1 aromatic heterocycles. The zero-order valence-corrected chi connectivity index (χ0v) is 13.9. The van der Waals surface area contributed by atoms with Crippen LogP contribution < -0.4 is 5.32 Å². The van der Waals surface area contributed by atoms with E-state index in [1.165, 1.54) is 12.8 Å². The number of hydrogen-bond donors (Lipinski definition) is 1. The summed E-state index contributed by atoms with van der Waals surface area (Å²) in [6, 6.07) is 0.371. The number of carbonyl (C=O) groups excluding carboxylic acids is 1. The molecule has 0 radical (unpaired) electrons. The van der Waals surface area contributed by atoms with Gasteiger partial charge in [0.25, 0.3) is 0 Å². The lowest BCUT2D eigenvalue weighted by molar-refractivity contribution is -0.130. The molecule has 23 heavy (non-hydrogen) atoms. The van der Waals surface area contributed by atoms with Crippen LogP contribution in [0.1, 0.15) is 37.9 Å². The number of hydrogen-bond acceptors (Lipinski definition) is 5. The number of nitrogens with one attached hydrogen (secondary N) is 1. The van der Waals surface area contributed by atoms with E-state index in [9.17, 15) is 4.79 Å². The molecule has 1 aliphatic heterocycles. The van der Waals surface area contributed by atoms with Gasteiger partial charge >= 0.3 is 0 Å². The van der Waals surface area contributed by atoms with Crippen molar-refractivity contribution < 1.29 is 9.53 Å². The summed E-state index contributed by atoms with van der Waals surface area (Å²) in [5, 5.41) is 11.7. The van der Waals surface area contributed by atoms with Gasteiger partial charge in [0.2, 0.25) is 5.91 Å². The Morgan fingerprint density at radius 3 is 3.00 bits per heavy atom. The Balaban J connectivity index is 1.46. The second-order valence-corrected chi connectivity index (χ2v) is 6.62. The van der Waals surface area contributed by atoms with E-state index in [0.29, 0.717) is 31.5 Å². The molecule has 0 bridgehead atoms. The van der Waals surface area contributed by atoms with Crippen LogP contribution in [0.15, 0.2) is 6.33 Å². The minimum atomic E-state index is 0.324. The highest BCUT2D eigenvalue weighted by atomic mass is 16.5. The quantitative estimate of drug-likeness (QED) is 0.767. The first-order chi connectivity index (χ1) is 11.3. The summed E-state index contributed by atoms with van der Waals surface area (Å²) in [6.07, 6.45) is 6.91. The van der Waals surface area contributed by atoms with Gasteiger partial charge in [-0.05, 0) is 31.6 Å². The van der Waals surface area contributed by atoms with Crippen LogP contribution in [0.4, 0.5) is 0 Å². The molecule has 7 nitrogen and oxygen atoms in total. The topological polar surface area (TPSA) is 72.3 Å². The lowest BCUT2D eigenvalue weighted by Crippen LogP contribution is -2.33. The predicted molar refractivity (Wildman–Crippen MR) is 85.7 cm³/mol. The van der Waals surface area contributed by atoms with Crippen molar-refractivity contribution in [1.29, 1.82) is 0 Å². The van der Waals surface area contributed by atoms with E-state index in [2.05, 4.69) is 20.4 Å². The van der Waals surface area contributed by atoms with Gasteiger partial charge in [-0.15, -0.1) is 10.2 Å². The standard InChI is InChI=1S/C16H27N5O2/c1-23-9-8-21-12-18-19-15(21)10-17-14-4-5-16(22)20(7-6-14)11-13-2-3-13/h12-14,17H,2-11H2,1H3/t14-/m1/s1. The zero-order valence-electron chi connectivity index (χ0n) is 13.9. The van der Waals surface area contributed by atoms with Gasteiger partial charge in [0, 0.05) is 39.2 Å². The Morgan fingerprint density at radius 2 is 2.22 bits per heavy atom. The molecule has 1 aliphatic carbocycles. The predicted octanol–water partition coefficient (Wildman–Crippen LogP) is 0.805. The second-order valence-electron chi connectivity index (χ2n) is 6.62. The normalized spacial score (nSPS) is 22.4. The monoisotopic (exact) mass is 321 g/mol. The minimum Gasteiger partial charge on any atom is -0.383 e. The summed E-state index contributed by atoms with van der Waals surface area (Å²) < 4.78 is 7.11. The van der Waals surface area contributed by atoms with Crippen molar-refractivity contribution in [3.05, 3.63) is 12.2 Å². The van der Waals surface area contributed by atoms with Crippen molar-refractivity contribution in [3.8, 4) is 0 Å². The highest BCUT2D eigenvalue weighted by molar-refractivity contribution is 5.76. The van der Waals surface area contributed by atoms with Crippen molar-refractivity contribution in [3.63, 3.8) is 0 Å². The van der Waals surface area contributed by atoms with Gasteiger partial charge in [-0.2, -0.15) is 0 Å². The first kappa shape index (κ1) is 16.4. The van der Waals surface area contributed by atoms with Crippen molar-refractivity contribution in [2.75, 3.05) is 26.8 Å². The van der Waals surface area contributed by atoms with E-state index in [1.54, 1.807) is 13.4 Å². The van der Waals surface area contributed by atoms with Gasteiger partial charge in [0.05, 0.1) is 13.2 Å². The van der Waals surface area contributed by atoms with Crippen LogP contribution in [0.3, 0.4) is 0 Å². The SMILES string of the molecule is COCCn1cnnc1CN[C@@H]1CCC(=O)N(CC2CC2)CC1. The molecule has 2 heterocycles. The maximum Gasteiger partial charge on any atom is 0.222 e. The smallest absolute Gasteiger partial charge is 0.222 e. The average Bonchev–Trinajstić information content (AvgIpc) is 3.30. The molecular formula is C16H27N5O2. The summed E-state index contributed by atoms with van der Waals surface area (Å²) >= 11 is 0. The third-order valence-corrected chi connectivity index (χ3v) is 4.76. The highest BCUT2D eigenvalue weighted by Crippen LogP contribution is 2.30. The molecule has 7 heteroatoms. The van der Waals surface area contributed by atoms with E-state index in [0.717, 1.165) is 44.2 Å². The second kappa shape index (κ2) is 7.88. The fourth-order valence-corrected chi connectivity index (χ4v) is 3.07. The van der Waals surface area contributed by atoms with Gasteiger partial charge in [-0.1, -0.05) is 0 Å². The van der Waals surface area contributed by atoms with E-state index in [-0.39, 0.29) is 0 Å². The molecule has 1 aromatic rings. The number of ether oxygens (including phenoxy) is 1. The molecule has 3 rings (SSSR count). The van der Waals surface area contributed by atoms with Gasteiger partial charge in [-0.25, -0.2) is 0 Å². The molecule has 0 aromatic carbocycles. The molecule has 128 valence electrons. The van der Waals surface area contributed by atoms with E-state index in [1.807, 2.05) is 4.57 Å². The Hall–Kier alpha value is -1.47. The summed E-state index contributed by atoms with van der Waals surface area (Å²) in [7, 11) is 1.69. The number of amides is 1. The molecule has 1 atom stereocenters. The van der Waals surface area contributed by atoms with Gasteiger partial charge in [0.15, 0.2) is 0 Å². The maximum absolute atomic E-state index is 12.2. The Morgan fingerprint density at radius 1 is 1.35 bits per heavy atom. The third-order valence-electron chi connectivity index (χ3n) is 4.76. The molecule has 0 unspecified atom stereocenters. The summed E-state index contributed by atoms with van der Waals surface area (Å²) in [5.41, 5.74) is 0. The lowest BCUT2D eigenvalue weighted by atomic mass is 10.1. The van der Waals surface area contributed by atoms with Gasteiger partial charge in [-0.3, -0.25) is 4.79 Å². The maximum atomic E-state index is 12.2. The third kappa shape index (κ3) is 4.75. The molecule has 1 N–H and O–H groups in total. The molecule has 2 aliphatic rings. The van der Waals surface area contributed by atoms with Crippen LogP contribution in [-0.2, 0) is 22.6 Å². The van der Waals surface area contributed by atoms with Gasteiger partial charge in [0.1, 0.15) is 12.2 Å². The van der Waals surface area contributed by atoms with Crippen LogP contribution in [0.5, 0.6) is 0 Å². The zero-order chi connectivity index (χ0) is 16.1. The number of aromatic nitrogens is 3. The Bertz CT molecular complexity index is 514. The van der Waals surface area contributed by atoms with E-state index >= 15 is 0 Å². The Kier molecular flexibility index (Phi) is 5.61. The van der Waals surface area contributed by atoms with Crippen LogP contribution in [0.2, 0.25) is 0 Å². The van der Waals surface area contributed by atoms with E-state index < -0.39 is 0 Å². The van der Waals surface area contributed by atoms with Crippen LogP contribution >= 0.6 is 0 Å². The number of likely N-dealkylation sites (tertiary alicyclic amines) is 1. The number of nitrogens with zero attached hydrogens (tertiary/aromatic N) is 4. The minimum absolute atomic E-state index is 0.324. The molecule has 1 saturated carbocycles. The first-order valence-electron chi connectivity index (χ1n) is 8.63. The molecule has 2 fully saturated rings.